The van der Waals surface area contributed by atoms with E-state index in [1.165, 1.54) is 7.05 Å². The smallest absolute Gasteiger partial charge is 0.252 e. The zero-order chi connectivity index (χ0) is 20.4. The van der Waals surface area contributed by atoms with E-state index in [1.807, 2.05) is 18.2 Å². The number of carbonyl (C=O) groups is 1. The molecule has 1 atom stereocenters. The quantitative estimate of drug-likeness (QED) is 0.720. The molecule has 1 aromatic carbocycles. The van der Waals surface area contributed by atoms with E-state index >= 15 is 0 Å². The lowest BCUT2D eigenvalue weighted by Crippen LogP contribution is -2.40. The standard InChI is InChI=1S/C20H24N2O5S2/c1-21(29(24,25)20-6-3-12-28-20)14-19(23)22-9-2-5-16(22)15-7-8-17-18(13-15)27-11-4-10-26-17/h3,6-8,12-13,16H,2,4-5,9-11,14H2,1H3. The molecule has 156 valence electrons. The Bertz CT molecular complexity index is 975. The van der Waals surface area contributed by atoms with Gasteiger partial charge in [0.05, 0.1) is 25.8 Å². The monoisotopic (exact) mass is 436 g/mol. The van der Waals surface area contributed by atoms with E-state index in [9.17, 15) is 13.2 Å². The van der Waals surface area contributed by atoms with E-state index in [2.05, 4.69) is 0 Å². The summed E-state index contributed by atoms with van der Waals surface area (Å²) < 4.78 is 38.1. The molecule has 0 N–H and O–H groups in total. The van der Waals surface area contributed by atoms with Gasteiger partial charge in [-0.25, -0.2) is 8.42 Å². The van der Waals surface area contributed by atoms with Gasteiger partial charge in [0, 0.05) is 20.0 Å². The molecule has 0 aliphatic carbocycles. The molecule has 7 nitrogen and oxygen atoms in total. The molecule has 1 saturated heterocycles. The summed E-state index contributed by atoms with van der Waals surface area (Å²) in [4.78, 5) is 14.7. The maximum Gasteiger partial charge on any atom is 0.252 e. The summed E-state index contributed by atoms with van der Waals surface area (Å²) in [5.74, 6) is 1.24. The van der Waals surface area contributed by atoms with Gasteiger partial charge in [-0.05, 0) is 42.0 Å². The summed E-state index contributed by atoms with van der Waals surface area (Å²) in [5.41, 5.74) is 0.990. The number of likely N-dealkylation sites (N-methyl/N-ethyl adjacent to an activating group) is 1. The number of hydrogen-bond donors (Lipinski definition) is 0. The number of carbonyl (C=O) groups excluding carboxylic acids is 1. The molecule has 0 radical (unpaired) electrons. The Morgan fingerprint density at radius 1 is 1.21 bits per heavy atom. The molecule has 29 heavy (non-hydrogen) atoms. The fraction of sp³-hybridized carbons (Fsp3) is 0.450. The highest BCUT2D eigenvalue weighted by atomic mass is 32.2. The Hall–Kier alpha value is -2.10. The van der Waals surface area contributed by atoms with Crippen LogP contribution in [0.2, 0.25) is 0 Å². The van der Waals surface area contributed by atoms with Gasteiger partial charge < -0.3 is 14.4 Å². The maximum absolute atomic E-state index is 13.0. The first-order chi connectivity index (χ1) is 14.0. The van der Waals surface area contributed by atoms with Gasteiger partial charge in [-0.15, -0.1) is 11.3 Å². The van der Waals surface area contributed by atoms with Crippen LogP contribution in [0.15, 0.2) is 39.9 Å². The van der Waals surface area contributed by atoms with Crippen molar-refractivity contribution in [2.75, 3.05) is 33.4 Å². The minimum Gasteiger partial charge on any atom is -0.490 e. The van der Waals surface area contributed by atoms with Crippen molar-refractivity contribution >= 4 is 27.3 Å². The Kier molecular flexibility index (Phi) is 5.80. The van der Waals surface area contributed by atoms with Crippen molar-refractivity contribution < 1.29 is 22.7 Å². The SMILES string of the molecule is CN(CC(=O)N1CCCC1c1ccc2c(c1)OCCCO2)S(=O)(=O)c1cccs1. The third kappa shape index (κ3) is 4.12. The molecule has 1 amide bonds. The van der Waals surface area contributed by atoms with Crippen LogP contribution in [-0.2, 0) is 14.8 Å². The molecule has 2 aliphatic heterocycles. The van der Waals surface area contributed by atoms with Gasteiger partial charge in [-0.3, -0.25) is 4.79 Å². The molecule has 1 aromatic heterocycles. The Morgan fingerprint density at radius 3 is 2.76 bits per heavy atom. The molecular weight excluding hydrogens is 412 g/mol. The molecule has 1 fully saturated rings. The summed E-state index contributed by atoms with van der Waals surface area (Å²) in [5, 5.41) is 1.71. The minimum absolute atomic E-state index is 0.0857. The zero-order valence-electron chi connectivity index (χ0n) is 16.2. The Morgan fingerprint density at radius 2 is 2.00 bits per heavy atom. The van der Waals surface area contributed by atoms with Crippen molar-refractivity contribution in [3.05, 3.63) is 41.3 Å². The number of sulfonamides is 1. The predicted octanol–water partition coefficient (Wildman–Crippen LogP) is 2.89. The molecule has 0 bridgehead atoms. The number of rotatable bonds is 5. The Labute approximate surface area is 174 Å². The van der Waals surface area contributed by atoms with E-state index in [0.29, 0.717) is 25.5 Å². The molecule has 2 aliphatic rings. The predicted molar refractivity (Wildman–Crippen MR) is 110 cm³/mol. The van der Waals surface area contributed by atoms with Gasteiger partial charge in [0.2, 0.25) is 5.91 Å². The van der Waals surface area contributed by atoms with Crippen molar-refractivity contribution in [3.63, 3.8) is 0 Å². The second-order valence-electron chi connectivity index (χ2n) is 7.19. The zero-order valence-corrected chi connectivity index (χ0v) is 17.9. The maximum atomic E-state index is 13.0. The normalized spacial score (nSPS) is 19.4. The highest BCUT2D eigenvalue weighted by Crippen LogP contribution is 2.38. The second-order valence-corrected chi connectivity index (χ2v) is 10.4. The van der Waals surface area contributed by atoms with Crippen LogP contribution < -0.4 is 9.47 Å². The van der Waals surface area contributed by atoms with E-state index in [0.717, 1.165) is 46.2 Å². The van der Waals surface area contributed by atoms with Crippen LogP contribution in [0.4, 0.5) is 0 Å². The van der Waals surface area contributed by atoms with E-state index < -0.39 is 10.0 Å². The fourth-order valence-corrected chi connectivity index (χ4v) is 6.05. The molecule has 9 heteroatoms. The first kappa shape index (κ1) is 20.2. The van der Waals surface area contributed by atoms with E-state index in [1.54, 1.807) is 22.4 Å². The number of nitrogens with zero attached hydrogens (tertiary/aromatic N) is 2. The molecule has 0 saturated carbocycles. The number of hydrogen-bond acceptors (Lipinski definition) is 6. The van der Waals surface area contributed by atoms with Gasteiger partial charge >= 0.3 is 0 Å². The summed E-state index contributed by atoms with van der Waals surface area (Å²) in [6.07, 6.45) is 2.56. The fourth-order valence-electron chi connectivity index (χ4n) is 3.73. The summed E-state index contributed by atoms with van der Waals surface area (Å²) in [7, 11) is -2.20. The van der Waals surface area contributed by atoms with Crippen molar-refractivity contribution in [2.24, 2.45) is 0 Å². The lowest BCUT2D eigenvalue weighted by molar-refractivity contribution is -0.132. The molecule has 4 rings (SSSR count). The van der Waals surface area contributed by atoms with Gasteiger partial charge in [-0.2, -0.15) is 4.31 Å². The number of fused-ring (bicyclic) bond motifs is 1. The van der Waals surface area contributed by atoms with Crippen LogP contribution in [0.25, 0.3) is 0 Å². The van der Waals surface area contributed by atoms with Crippen molar-refractivity contribution in [1.82, 2.24) is 9.21 Å². The number of benzene rings is 1. The molecule has 2 aromatic rings. The first-order valence-corrected chi connectivity index (χ1v) is 12.0. The summed E-state index contributed by atoms with van der Waals surface area (Å²) in [6.45, 7) is 1.67. The number of amides is 1. The van der Waals surface area contributed by atoms with Crippen LogP contribution in [0, 0.1) is 0 Å². The third-order valence-electron chi connectivity index (χ3n) is 5.25. The first-order valence-electron chi connectivity index (χ1n) is 9.65. The topological polar surface area (TPSA) is 76.2 Å². The van der Waals surface area contributed by atoms with Gasteiger partial charge in [-0.1, -0.05) is 12.1 Å². The van der Waals surface area contributed by atoms with Crippen LogP contribution in [0.1, 0.15) is 30.9 Å². The third-order valence-corrected chi connectivity index (χ3v) is 8.42. The average molecular weight is 437 g/mol. The largest absolute Gasteiger partial charge is 0.490 e. The van der Waals surface area contributed by atoms with E-state index in [-0.39, 0.29) is 22.7 Å². The van der Waals surface area contributed by atoms with Crippen LogP contribution in [0.5, 0.6) is 11.5 Å². The minimum atomic E-state index is -3.65. The molecule has 1 unspecified atom stereocenters. The molecular formula is C20H24N2O5S2. The highest BCUT2D eigenvalue weighted by Gasteiger charge is 2.33. The lowest BCUT2D eigenvalue weighted by Gasteiger charge is -2.27. The molecule has 3 heterocycles. The van der Waals surface area contributed by atoms with Gasteiger partial charge in [0.1, 0.15) is 4.21 Å². The number of thiophene rings is 1. The average Bonchev–Trinajstić information content (AvgIpc) is 3.36. The Balaban J connectivity index is 1.50. The van der Waals surface area contributed by atoms with Crippen LogP contribution >= 0.6 is 11.3 Å². The summed E-state index contributed by atoms with van der Waals surface area (Å²) in [6, 6.07) is 8.96. The van der Waals surface area contributed by atoms with Gasteiger partial charge in [0.25, 0.3) is 10.0 Å². The number of likely N-dealkylation sites (tertiary alicyclic amines) is 1. The lowest BCUT2D eigenvalue weighted by atomic mass is 10.0. The van der Waals surface area contributed by atoms with Crippen LogP contribution in [-0.4, -0.2) is 56.9 Å². The van der Waals surface area contributed by atoms with E-state index in [4.69, 9.17) is 9.47 Å². The van der Waals surface area contributed by atoms with Crippen LogP contribution in [0.3, 0.4) is 0 Å². The van der Waals surface area contributed by atoms with Crippen molar-refractivity contribution in [1.29, 1.82) is 0 Å². The number of ether oxygens (including phenoxy) is 2. The summed E-state index contributed by atoms with van der Waals surface area (Å²) >= 11 is 1.15. The van der Waals surface area contributed by atoms with Crippen molar-refractivity contribution in [3.8, 4) is 11.5 Å². The molecule has 0 spiro atoms. The highest BCUT2D eigenvalue weighted by molar-refractivity contribution is 7.91. The van der Waals surface area contributed by atoms with Gasteiger partial charge in [0.15, 0.2) is 11.5 Å². The van der Waals surface area contributed by atoms with Crippen molar-refractivity contribution in [2.45, 2.75) is 29.5 Å². The second kappa shape index (κ2) is 8.33.